The van der Waals surface area contributed by atoms with Crippen molar-refractivity contribution in [2.75, 3.05) is 0 Å². The fraction of sp³-hybridized carbons (Fsp3) is 0.353. The summed E-state index contributed by atoms with van der Waals surface area (Å²) in [6.07, 6.45) is 2.18. The summed E-state index contributed by atoms with van der Waals surface area (Å²) in [7, 11) is 0.674. The van der Waals surface area contributed by atoms with Crippen LogP contribution in [0.5, 0.6) is 0 Å². The maximum Gasteiger partial charge on any atom is 0.212 e. The Morgan fingerprint density at radius 2 is 1.84 bits per heavy atom. The summed E-state index contributed by atoms with van der Waals surface area (Å²) in [6.45, 7) is 6.91. The van der Waals surface area contributed by atoms with E-state index in [1.165, 1.54) is 5.19 Å². The van der Waals surface area contributed by atoms with Crippen LogP contribution in [0.4, 0.5) is 0 Å². The molecule has 1 aromatic heterocycles. The van der Waals surface area contributed by atoms with Gasteiger partial charge in [-0.15, -0.1) is 0 Å². The van der Waals surface area contributed by atoms with E-state index in [-0.39, 0.29) is 0 Å². The Morgan fingerprint density at radius 1 is 1.11 bits per heavy atom. The number of hydrogen-bond acceptors (Lipinski definition) is 0. The van der Waals surface area contributed by atoms with Crippen molar-refractivity contribution in [2.45, 2.75) is 33.4 Å². The van der Waals surface area contributed by atoms with Crippen LogP contribution in [-0.4, -0.2) is 8.07 Å². The van der Waals surface area contributed by atoms with E-state index < -0.39 is 14.9 Å². The zero-order valence-corrected chi connectivity index (χ0v) is 13.4. The normalized spacial score (nSPS) is 14.7. The molecule has 0 aliphatic rings. The van der Waals surface area contributed by atoms with Gasteiger partial charge >= 0.3 is 0 Å². The molecule has 100 valence electrons. The third-order valence-electron chi connectivity index (χ3n) is 3.51. The lowest BCUT2D eigenvalue weighted by Crippen LogP contribution is -2.44. The summed E-state index contributed by atoms with van der Waals surface area (Å²) < 4.78 is 24.9. The van der Waals surface area contributed by atoms with E-state index in [0.717, 1.165) is 16.8 Å². The molecule has 0 atom stereocenters. The van der Waals surface area contributed by atoms with Gasteiger partial charge in [0.15, 0.2) is 6.20 Å². The van der Waals surface area contributed by atoms with Crippen LogP contribution in [0.15, 0.2) is 36.5 Å². The maximum absolute atomic E-state index is 7.60. The molecule has 19 heavy (non-hydrogen) atoms. The summed E-state index contributed by atoms with van der Waals surface area (Å²) in [5.41, 5.74) is 3.51. The predicted octanol–water partition coefficient (Wildman–Crippen LogP) is 3.34. The highest BCUT2D eigenvalue weighted by molar-refractivity contribution is 6.88. The van der Waals surface area contributed by atoms with Crippen molar-refractivity contribution in [1.82, 2.24) is 0 Å². The minimum atomic E-state index is -2.07. The molecule has 2 aromatic rings. The van der Waals surface area contributed by atoms with Gasteiger partial charge in [0, 0.05) is 20.9 Å². The van der Waals surface area contributed by atoms with Crippen molar-refractivity contribution in [3.05, 3.63) is 47.7 Å². The summed E-state index contributed by atoms with van der Waals surface area (Å²) in [6, 6.07) is 9.68. The van der Waals surface area contributed by atoms with Gasteiger partial charge in [0.1, 0.15) is 7.05 Å². The van der Waals surface area contributed by atoms with Crippen LogP contribution in [0.1, 0.15) is 15.2 Å². The molecule has 0 spiro atoms. The average molecular weight is 273 g/mol. The number of rotatable bonds is 2. The van der Waals surface area contributed by atoms with Crippen LogP contribution in [0, 0.1) is 13.8 Å². The maximum atomic E-state index is 7.60. The van der Waals surface area contributed by atoms with Crippen LogP contribution < -0.4 is 9.75 Å². The molecular formula is C17H24NSi+. The van der Waals surface area contributed by atoms with Crippen molar-refractivity contribution in [1.29, 1.82) is 0 Å². The second-order valence-corrected chi connectivity index (χ2v) is 11.3. The summed E-state index contributed by atoms with van der Waals surface area (Å²) in [5, 5.41) is 1.39. The molecule has 0 aliphatic heterocycles. The van der Waals surface area contributed by atoms with Gasteiger partial charge in [-0.3, -0.25) is 0 Å². The van der Waals surface area contributed by atoms with Crippen molar-refractivity contribution >= 4 is 13.3 Å². The van der Waals surface area contributed by atoms with Gasteiger partial charge in [-0.25, -0.2) is 4.57 Å². The van der Waals surface area contributed by atoms with E-state index in [1.54, 1.807) is 12.1 Å². The Labute approximate surface area is 122 Å². The van der Waals surface area contributed by atoms with Crippen molar-refractivity contribution in [2.24, 2.45) is 7.05 Å². The van der Waals surface area contributed by atoms with Gasteiger partial charge in [0.25, 0.3) is 0 Å². The van der Waals surface area contributed by atoms with Crippen LogP contribution in [0.25, 0.3) is 11.3 Å². The van der Waals surface area contributed by atoms with Gasteiger partial charge in [0.05, 0.1) is 8.07 Å². The van der Waals surface area contributed by atoms with Crippen LogP contribution >= 0.6 is 0 Å². The lowest BCUT2D eigenvalue weighted by molar-refractivity contribution is -0.659. The standard InChI is InChI=1S/C17H24NSi/c1-13-7-8-14(2)16(11-13)17-10-9-15(12-18(17)3)19(4,5)6/h7-12H,1-6H3/q+1/i1D3. The summed E-state index contributed by atoms with van der Waals surface area (Å²) >= 11 is 0. The summed E-state index contributed by atoms with van der Waals surface area (Å²) in [4.78, 5) is 0. The lowest BCUT2D eigenvalue weighted by atomic mass is 10.0. The minimum absolute atomic E-state index is 0.391. The van der Waals surface area contributed by atoms with Crippen LogP contribution in [0.2, 0.25) is 19.6 Å². The molecular weight excluding hydrogens is 246 g/mol. The van der Waals surface area contributed by atoms with Gasteiger partial charge in [-0.1, -0.05) is 43.4 Å². The van der Waals surface area contributed by atoms with E-state index in [2.05, 4.69) is 42.5 Å². The highest BCUT2D eigenvalue weighted by Gasteiger charge is 2.21. The van der Waals surface area contributed by atoms with E-state index in [9.17, 15) is 0 Å². The van der Waals surface area contributed by atoms with E-state index in [0.29, 0.717) is 5.56 Å². The zero-order valence-electron chi connectivity index (χ0n) is 15.4. The van der Waals surface area contributed by atoms with Gasteiger partial charge < -0.3 is 0 Å². The first kappa shape index (κ1) is 10.4. The second-order valence-electron chi connectivity index (χ2n) is 6.19. The first-order chi connectivity index (χ1) is 10.00. The van der Waals surface area contributed by atoms with Gasteiger partial charge in [-0.2, -0.15) is 0 Å². The molecule has 0 N–H and O–H groups in total. The van der Waals surface area contributed by atoms with Gasteiger partial charge in [-0.05, 0) is 25.4 Å². The fourth-order valence-corrected chi connectivity index (χ4v) is 3.39. The topological polar surface area (TPSA) is 3.88 Å². The Balaban J connectivity index is 2.57. The Hall–Kier alpha value is -1.41. The molecule has 0 aliphatic carbocycles. The van der Waals surface area contributed by atoms with Crippen LogP contribution in [0.3, 0.4) is 0 Å². The number of nitrogens with zero attached hydrogens (tertiary/aromatic N) is 1. The highest BCUT2D eigenvalue weighted by atomic mass is 28.3. The molecule has 2 rings (SSSR count). The molecule has 1 nitrogen and oxygen atoms in total. The van der Waals surface area contributed by atoms with Crippen molar-refractivity contribution in [3.8, 4) is 11.3 Å². The SMILES string of the molecule is [2H]C([2H])([2H])c1ccc(C)c(-c2ccc([Si](C)(C)C)c[n+]2C)c1. The van der Waals surface area contributed by atoms with E-state index >= 15 is 0 Å². The minimum Gasteiger partial charge on any atom is -0.201 e. The third-order valence-corrected chi connectivity index (χ3v) is 5.54. The number of hydrogen-bond donors (Lipinski definition) is 0. The Morgan fingerprint density at radius 3 is 2.42 bits per heavy atom. The predicted molar refractivity (Wildman–Crippen MR) is 85.5 cm³/mol. The van der Waals surface area contributed by atoms with E-state index in [4.69, 9.17) is 4.11 Å². The fourth-order valence-electron chi connectivity index (χ4n) is 2.23. The molecule has 2 heteroatoms. The van der Waals surface area contributed by atoms with Crippen molar-refractivity contribution < 1.29 is 8.68 Å². The molecule has 0 bridgehead atoms. The highest BCUT2D eigenvalue weighted by Crippen LogP contribution is 2.21. The van der Waals surface area contributed by atoms with Gasteiger partial charge in [0.2, 0.25) is 5.69 Å². The number of aryl methyl sites for hydroxylation is 3. The molecule has 0 amide bonds. The Bertz CT molecular complexity index is 700. The van der Waals surface area contributed by atoms with Crippen molar-refractivity contribution in [3.63, 3.8) is 0 Å². The number of benzene rings is 1. The lowest BCUT2D eigenvalue weighted by Gasteiger charge is -2.15. The number of aromatic nitrogens is 1. The average Bonchev–Trinajstić information content (AvgIpc) is 2.37. The molecule has 0 radical (unpaired) electrons. The molecule has 0 saturated carbocycles. The summed E-state index contributed by atoms with van der Waals surface area (Å²) in [5.74, 6) is 0. The molecule has 0 saturated heterocycles. The molecule has 0 unspecified atom stereocenters. The smallest absolute Gasteiger partial charge is 0.201 e. The first-order valence-corrected chi connectivity index (χ1v) is 10.1. The Kier molecular flexibility index (Phi) is 2.69. The number of pyridine rings is 1. The molecule has 1 heterocycles. The van der Waals surface area contributed by atoms with Crippen LogP contribution in [-0.2, 0) is 7.05 Å². The first-order valence-electron chi connectivity index (χ1n) is 8.12. The zero-order chi connectivity index (χ0) is 16.7. The molecule has 0 fully saturated rings. The second kappa shape index (κ2) is 4.93. The molecule has 1 aromatic carbocycles. The largest absolute Gasteiger partial charge is 0.212 e. The third kappa shape index (κ3) is 2.95. The van der Waals surface area contributed by atoms with E-state index in [1.807, 2.05) is 20.0 Å². The monoisotopic (exact) mass is 273 g/mol. The quantitative estimate of drug-likeness (QED) is 0.584.